The summed E-state index contributed by atoms with van der Waals surface area (Å²) in [5.41, 5.74) is 2.23. The van der Waals surface area contributed by atoms with Gasteiger partial charge < -0.3 is 14.9 Å². The van der Waals surface area contributed by atoms with Gasteiger partial charge in [0.1, 0.15) is 0 Å². The highest BCUT2D eigenvalue weighted by atomic mass is 79.9. The molecular formula is C17H25BrN2O. The minimum Gasteiger partial charge on any atom is -0.392 e. The third-order valence-electron chi connectivity index (χ3n) is 4.94. The van der Waals surface area contributed by atoms with Crippen molar-refractivity contribution in [2.45, 2.75) is 44.8 Å². The maximum Gasteiger partial charge on any atom is 0.0692 e. The third-order valence-corrected chi connectivity index (χ3v) is 5.68. The standard InChI is InChI=1S/C17H25BrN2O/c18-17-12-16(5-4-14(17)13-21)20-10-6-15(7-11-20)19-8-2-1-3-9-19/h4-5,12,15,21H,1-3,6-11,13H2. The molecule has 0 bridgehead atoms. The molecule has 116 valence electrons. The van der Waals surface area contributed by atoms with E-state index in [9.17, 15) is 5.11 Å². The van der Waals surface area contributed by atoms with Crippen molar-refractivity contribution >= 4 is 21.6 Å². The van der Waals surface area contributed by atoms with Crippen LogP contribution in [0.5, 0.6) is 0 Å². The summed E-state index contributed by atoms with van der Waals surface area (Å²) < 4.78 is 1.01. The van der Waals surface area contributed by atoms with Crippen LogP contribution in [0.1, 0.15) is 37.7 Å². The highest BCUT2D eigenvalue weighted by molar-refractivity contribution is 9.10. The second-order valence-electron chi connectivity index (χ2n) is 6.25. The van der Waals surface area contributed by atoms with Crippen LogP contribution in [-0.4, -0.2) is 42.2 Å². The number of nitrogens with zero attached hydrogens (tertiary/aromatic N) is 2. The van der Waals surface area contributed by atoms with Crippen molar-refractivity contribution in [1.29, 1.82) is 0 Å². The average molecular weight is 353 g/mol. The molecule has 2 aliphatic rings. The van der Waals surface area contributed by atoms with E-state index in [1.807, 2.05) is 6.07 Å². The Morgan fingerprint density at radius 3 is 2.38 bits per heavy atom. The number of likely N-dealkylation sites (tertiary alicyclic amines) is 1. The molecule has 21 heavy (non-hydrogen) atoms. The molecule has 0 saturated carbocycles. The Hall–Kier alpha value is -0.580. The zero-order valence-corrected chi connectivity index (χ0v) is 14.2. The first kappa shape index (κ1) is 15.3. The Labute approximate surface area is 136 Å². The van der Waals surface area contributed by atoms with E-state index in [0.29, 0.717) is 0 Å². The van der Waals surface area contributed by atoms with Crippen LogP contribution in [0.3, 0.4) is 0 Å². The molecule has 2 saturated heterocycles. The van der Waals surface area contributed by atoms with Crippen molar-refractivity contribution in [3.63, 3.8) is 0 Å². The zero-order valence-electron chi connectivity index (χ0n) is 12.6. The van der Waals surface area contributed by atoms with Crippen molar-refractivity contribution in [3.8, 4) is 0 Å². The summed E-state index contributed by atoms with van der Waals surface area (Å²) in [5, 5.41) is 9.25. The fourth-order valence-corrected chi connectivity index (χ4v) is 4.13. The van der Waals surface area contributed by atoms with Gasteiger partial charge in [0, 0.05) is 29.3 Å². The van der Waals surface area contributed by atoms with E-state index in [4.69, 9.17) is 0 Å². The maximum absolute atomic E-state index is 9.25. The molecule has 1 N–H and O–H groups in total. The van der Waals surface area contributed by atoms with Crippen LogP contribution in [0, 0.1) is 0 Å². The van der Waals surface area contributed by atoms with Gasteiger partial charge in [0.25, 0.3) is 0 Å². The molecule has 2 heterocycles. The molecule has 1 aromatic carbocycles. The number of piperidine rings is 2. The summed E-state index contributed by atoms with van der Waals surface area (Å²) >= 11 is 3.55. The SMILES string of the molecule is OCc1ccc(N2CCC(N3CCCCC3)CC2)cc1Br. The lowest BCUT2D eigenvalue weighted by Gasteiger charge is -2.41. The van der Waals surface area contributed by atoms with Crippen LogP contribution in [0.4, 0.5) is 5.69 Å². The van der Waals surface area contributed by atoms with Gasteiger partial charge in [0.05, 0.1) is 6.61 Å². The second kappa shape index (κ2) is 7.12. The van der Waals surface area contributed by atoms with Gasteiger partial charge in [0.2, 0.25) is 0 Å². The number of anilines is 1. The summed E-state index contributed by atoms with van der Waals surface area (Å²) in [4.78, 5) is 5.19. The van der Waals surface area contributed by atoms with Crippen LogP contribution in [0.25, 0.3) is 0 Å². The number of hydrogen-bond donors (Lipinski definition) is 1. The number of benzene rings is 1. The van der Waals surface area contributed by atoms with Crippen LogP contribution >= 0.6 is 15.9 Å². The highest BCUT2D eigenvalue weighted by Gasteiger charge is 2.25. The molecule has 3 nitrogen and oxygen atoms in total. The summed E-state index contributed by atoms with van der Waals surface area (Å²) in [6, 6.07) is 7.10. The molecule has 2 aliphatic heterocycles. The quantitative estimate of drug-likeness (QED) is 0.902. The largest absolute Gasteiger partial charge is 0.392 e. The monoisotopic (exact) mass is 352 g/mol. The van der Waals surface area contributed by atoms with E-state index < -0.39 is 0 Å². The van der Waals surface area contributed by atoms with Gasteiger partial charge in [-0.2, -0.15) is 0 Å². The second-order valence-corrected chi connectivity index (χ2v) is 7.10. The maximum atomic E-state index is 9.25. The molecule has 0 aromatic heterocycles. The molecule has 4 heteroatoms. The third kappa shape index (κ3) is 3.61. The molecule has 0 atom stereocenters. The average Bonchev–Trinajstić information content (AvgIpc) is 2.56. The van der Waals surface area contributed by atoms with Gasteiger partial charge in [-0.3, -0.25) is 0 Å². The van der Waals surface area contributed by atoms with Crippen molar-refractivity contribution in [3.05, 3.63) is 28.2 Å². The Morgan fingerprint density at radius 1 is 1.05 bits per heavy atom. The Kier molecular flexibility index (Phi) is 5.19. The molecule has 0 radical (unpaired) electrons. The van der Waals surface area contributed by atoms with Crippen molar-refractivity contribution in [2.24, 2.45) is 0 Å². The van der Waals surface area contributed by atoms with Crippen molar-refractivity contribution < 1.29 is 5.11 Å². The van der Waals surface area contributed by atoms with E-state index in [1.165, 1.54) is 50.9 Å². The molecule has 1 aromatic rings. The fraction of sp³-hybridized carbons (Fsp3) is 0.647. The predicted molar refractivity (Wildman–Crippen MR) is 90.7 cm³/mol. The van der Waals surface area contributed by atoms with Gasteiger partial charge >= 0.3 is 0 Å². The number of hydrogen-bond acceptors (Lipinski definition) is 3. The van der Waals surface area contributed by atoms with E-state index in [0.717, 1.165) is 29.2 Å². The minimum atomic E-state index is 0.0951. The lowest BCUT2D eigenvalue weighted by molar-refractivity contribution is 0.141. The number of aliphatic hydroxyl groups is 1. The van der Waals surface area contributed by atoms with Crippen LogP contribution in [0.2, 0.25) is 0 Å². The molecule has 0 amide bonds. The first-order valence-electron chi connectivity index (χ1n) is 8.16. The minimum absolute atomic E-state index is 0.0951. The summed E-state index contributed by atoms with van der Waals surface area (Å²) in [5.74, 6) is 0. The van der Waals surface area contributed by atoms with Gasteiger partial charge in [-0.25, -0.2) is 0 Å². The Morgan fingerprint density at radius 2 is 1.76 bits per heavy atom. The van der Waals surface area contributed by atoms with Crippen molar-refractivity contribution in [1.82, 2.24) is 4.90 Å². The summed E-state index contributed by atoms with van der Waals surface area (Å²) in [6.45, 7) is 5.00. The summed E-state index contributed by atoms with van der Waals surface area (Å²) in [7, 11) is 0. The van der Waals surface area contributed by atoms with Crippen LogP contribution in [-0.2, 0) is 6.61 Å². The van der Waals surface area contributed by atoms with Gasteiger partial charge in [-0.15, -0.1) is 0 Å². The number of aliphatic hydroxyl groups excluding tert-OH is 1. The molecule has 2 fully saturated rings. The molecular weight excluding hydrogens is 328 g/mol. The van der Waals surface area contributed by atoms with E-state index in [-0.39, 0.29) is 6.61 Å². The lowest BCUT2D eigenvalue weighted by atomic mass is 9.99. The number of rotatable bonds is 3. The molecule has 0 unspecified atom stereocenters. The first-order chi connectivity index (χ1) is 10.3. The van der Waals surface area contributed by atoms with Crippen LogP contribution < -0.4 is 4.90 Å². The van der Waals surface area contributed by atoms with Gasteiger partial charge in [-0.05, 0) is 56.5 Å². The lowest BCUT2D eigenvalue weighted by Crippen LogP contribution is -2.46. The van der Waals surface area contributed by atoms with Crippen molar-refractivity contribution in [2.75, 3.05) is 31.1 Å². The number of halogens is 1. The molecule has 0 spiro atoms. The van der Waals surface area contributed by atoms with Gasteiger partial charge in [-0.1, -0.05) is 28.4 Å². The first-order valence-corrected chi connectivity index (χ1v) is 8.95. The van der Waals surface area contributed by atoms with E-state index in [2.05, 4.69) is 37.9 Å². The smallest absolute Gasteiger partial charge is 0.0692 e. The topological polar surface area (TPSA) is 26.7 Å². The highest BCUT2D eigenvalue weighted by Crippen LogP contribution is 2.28. The van der Waals surface area contributed by atoms with Gasteiger partial charge in [0.15, 0.2) is 0 Å². The normalized spacial score (nSPS) is 21.7. The summed E-state index contributed by atoms with van der Waals surface area (Å²) in [6.07, 6.45) is 6.74. The Balaban J connectivity index is 1.58. The molecule has 0 aliphatic carbocycles. The Bertz CT molecular complexity index is 466. The molecule has 3 rings (SSSR count). The van der Waals surface area contributed by atoms with E-state index >= 15 is 0 Å². The predicted octanol–water partition coefficient (Wildman–Crippen LogP) is 3.40. The zero-order chi connectivity index (χ0) is 14.7. The fourth-order valence-electron chi connectivity index (χ4n) is 3.63. The van der Waals surface area contributed by atoms with Crippen LogP contribution in [0.15, 0.2) is 22.7 Å². The van der Waals surface area contributed by atoms with E-state index in [1.54, 1.807) is 0 Å².